The highest BCUT2D eigenvalue weighted by Crippen LogP contribution is 2.19. The fourth-order valence-electron chi connectivity index (χ4n) is 2.11. The molecule has 1 amide bonds. The lowest BCUT2D eigenvalue weighted by atomic mass is 10.2. The smallest absolute Gasteiger partial charge is 0.230 e. The molecule has 1 fully saturated rings. The second-order valence-electron chi connectivity index (χ2n) is 4.73. The van der Waals surface area contributed by atoms with E-state index in [0.717, 1.165) is 32.6 Å². The quantitative estimate of drug-likeness (QED) is 0.729. The maximum Gasteiger partial charge on any atom is 0.230 e. The van der Waals surface area contributed by atoms with Crippen LogP contribution < -0.4 is 10.6 Å². The SMILES string of the molecule is O=C(CSC1CCNCC1)NCCCn1cccn1. The molecule has 19 heavy (non-hydrogen) atoms. The van der Waals surface area contributed by atoms with Crippen LogP contribution in [0.1, 0.15) is 19.3 Å². The van der Waals surface area contributed by atoms with Crippen molar-refractivity contribution in [3.8, 4) is 0 Å². The van der Waals surface area contributed by atoms with Gasteiger partial charge in [0.25, 0.3) is 0 Å². The minimum atomic E-state index is 0.156. The predicted molar refractivity (Wildman–Crippen MR) is 78.2 cm³/mol. The molecule has 2 heterocycles. The first-order valence-electron chi connectivity index (χ1n) is 6.91. The van der Waals surface area contributed by atoms with Crippen LogP contribution in [0.25, 0.3) is 0 Å². The molecule has 0 atom stereocenters. The van der Waals surface area contributed by atoms with Gasteiger partial charge < -0.3 is 10.6 Å². The first kappa shape index (κ1) is 14.4. The first-order valence-corrected chi connectivity index (χ1v) is 7.96. The van der Waals surface area contributed by atoms with Gasteiger partial charge in [0.15, 0.2) is 0 Å². The van der Waals surface area contributed by atoms with E-state index in [2.05, 4.69) is 15.7 Å². The topological polar surface area (TPSA) is 59.0 Å². The van der Waals surface area contributed by atoms with Crippen LogP contribution in [0.2, 0.25) is 0 Å². The van der Waals surface area contributed by atoms with Crippen LogP contribution in [0.5, 0.6) is 0 Å². The van der Waals surface area contributed by atoms with Crippen LogP contribution in [0.3, 0.4) is 0 Å². The summed E-state index contributed by atoms with van der Waals surface area (Å²) in [6.45, 7) is 3.76. The van der Waals surface area contributed by atoms with E-state index in [1.54, 1.807) is 18.0 Å². The van der Waals surface area contributed by atoms with Crippen molar-refractivity contribution in [3.63, 3.8) is 0 Å². The summed E-state index contributed by atoms with van der Waals surface area (Å²) in [6.07, 6.45) is 6.99. The maximum atomic E-state index is 11.7. The Labute approximate surface area is 118 Å². The average molecular weight is 282 g/mol. The summed E-state index contributed by atoms with van der Waals surface area (Å²) in [5.74, 6) is 0.746. The Hall–Kier alpha value is -1.01. The zero-order valence-electron chi connectivity index (χ0n) is 11.2. The second kappa shape index (κ2) is 8.22. The molecule has 1 saturated heterocycles. The molecule has 2 N–H and O–H groups in total. The lowest BCUT2D eigenvalue weighted by Gasteiger charge is -2.21. The largest absolute Gasteiger partial charge is 0.355 e. The third kappa shape index (κ3) is 5.65. The third-order valence-corrected chi connectivity index (χ3v) is 4.55. The Morgan fingerprint density at radius 1 is 1.47 bits per heavy atom. The number of rotatable bonds is 7. The third-order valence-electron chi connectivity index (χ3n) is 3.18. The highest BCUT2D eigenvalue weighted by atomic mass is 32.2. The number of hydrogen-bond acceptors (Lipinski definition) is 4. The molecule has 0 aromatic carbocycles. The normalized spacial score (nSPS) is 16.4. The number of thioether (sulfide) groups is 1. The predicted octanol–water partition coefficient (Wildman–Crippen LogP) is 0.875. The molecule has 0 bridgehead atoms. The monoisotopic (exact) mass is 282 g/mol. The van der Waals surface area contributed by atoms with Gasteiger partial charge >= 0.3 is 0 Å². The summed E-state index contributed by atoms with van der Waals surface area (Å²) in [5.41, 5.74) is 0. The highest BCUT2D eigenvalue weighted by molar-refractivity contribution is 8.00. The fourth-order valence-corrected chi connectivity index (χ4v) is 3.17. The molecule has 1 aromatic heterocycles. The van der Waals surface area contributed by atoms with Crippen LogP contribution >= 0.6 is 11.8 Å². The number of piperidine rings is 1. The first-order chi connectivity index (χ1) is 9.34. The van der Waals surface area contributed by atoms with Gasteiger partial charge in [-0.1, -0.05) is 0 Å². The summed E-state index contributed by atoms with van der Waals surface area (Å²) < 4.78 is 1.88. The molecule has 106 valence electrons. The van der Waals surface area contributed by atoms with Gasteiger partial charge in [0.1, 0.15) is 0 Å². The van der Waals surface area contributed by atoms with Crippen LogP contribution in [-0.4, -0.2) is 46.3 Å². The highest BCUT2D eigenvalue weighted by Gasteiger charge is 2.14. The Balaban J connectivity index is 1.49. The van der Waals surface area contributed by atoms with E-state index in [-0.39, 0.29) is 5.91 Å². The summed E-state index contributed by atoms with van der Waals surface area (Å²) in [6, 6.07) is 1.91. The summed E-state index contributed by atoms with van der Waals surface area (Å²) in [7, 11) is 0. The van der Waals surface area contributed by atoms with E-state index in [4.69, 9.17) is 0 Å². The lowest BCUT2D eigenvalue weighted by molar-refractivity contribution is -0.118. The molecule has 5 nitrogen and oxygen atoms in total. The minimum Gasteiger partial charge on any atom is -0.355 e. The molecule has 0 radical (unpaired) electrons. The Kier molecular flexibility index (Phi) is 6.23. The number of nitrogens with zero attached hydrogens (tertiary/aromatic N) is 2. The number of amides is 1. The summed E-state index contributed by atoms with van der Waals surface area (Å²) >= 11 is 1.79. The molecule has 1 aromatic rings. The standard InChI is InChI=1S/C13H22N4OS/c18-13(11-19-12-3-7-14-8-4-12)15-5-1-9-17-10-2-6-16-17/h2,6,10,12,14H,1,3-5,7-9,11H2,(H,15,18). The van der Waals surface area contributed by atoms with Crippen molar-refractivity contribution >= 4 is 17.7 Å². The number of aryl methyl sites for hydroxylation is 1. The van der Waals surface area contributed by atoms with Crippen molar-refractivity contribution in [2.24, 2.45) is 0 Å². The molecule has 0 unspecified atom stereocenters. The molecule has 0 aliphatic carbocycles. The lowest BCUT2D eigenvalue weighted by Crippen LogP contribution is -2.31. The molecule has 0 saturated carbocycles. The Bertz CT molecular complexity index is 363. The number of carbonyl (C=O) groups excluding carboxylic acids is 1. The van der Waals surface area contributed by atoms with Gasteiger partial charge in [-0.05, 0) is 38.4 Å². The van der Waals surface area contributed by atoms with Gasteiger partial charge in [0.05, 0.1) is 5.75 Å². The molecule has 1 aliphatic rings. The fraction of sp³-hybridized carbons (Fsp3) is 0.692. The zero-order chi connectivity index (χ0) is 13.3. The van der Waals surface area contributed by atoms with Crippen molar-refractivity contribution in [1.29, 1.82) is 0 Å². The van der Waals surface area contributed by atoms with E-state index in [9.17, 15) is 4.79 Å². The van der Waals surface area contributed by atoms with Crippen molar-refractivity contribution in [1.82, 2.24) is 20.4 Å². The van der Waals surface area contributed by atoms with Gasteiger partial charge in [-0.15, -0.1) is 11.8 Å². The summed E-state index contributed by atoms with van der Waals surface area (Å²) in [4.78, 5) is 11.7. The van der Waals surface area contributed by atoms with E-state index >= 15 is 0 Å². The van der Waals surface area contributed by atoms with Crippen molar-refractivity contribution in [2.45, 2.75) is 31.1 Å². The molecular weight excluding hydrogens is 260 g/mol. The van der Waals surface area contributed by atoms with E-state index < -0.39 is 0 Å². The number of hydrogen-bond donors (Lipinski definition) is 2. The number of nitrogens with one attached hydrogen (secondary N) is 2. The summed E-state index contributed by atoms with van der Waals surface area (Å²) in [5, 5.41) is 11.1. The van der Waals surface area contributed by atoms with Gasteiger partial charge in [-0.3, -0.25) is 9.48 Å². The van der Waals surface area contributed by atoms with Crippen molar-refractivity contribution in [3.05, 3.63) is 18.5 Å². The van der Waals surface area contributed by atoms with Crippen LogP contribution in [0, 0.1) is 0 Å². The van der Waals surface area contributed by atoms with Crippen LogP contribution in [-0.2, 0) is 11.3 Å². The second-order valence-corrected chi connectivity index (χ2v) is 6.02. The maximum absolute atomic E-state index is 11.7. The average Bonchev–Trinajstić information content (AvgIpc) is 2.96. The van der Waals surface area contributed by atoms with Gasteiger partial charge in [0, 0.05) is 30.7 Å². The van der Waals surface area contributed by atoms with E-state index in [0.29, 0.717) is 11.0 Å². The van der Waals surface area contributed by atoms with E-state index in [1.807, 2.05) is 16.9 Å². The minimum absolute atomic E-state index is 0.156. The molecular formula is C13H22N4OS. The van der Waals surface area contributed by atoms with Crippen molar-refractivity contribution < 1.29 is 4.79 Å². The number of aromatic nitrogens is 2. The van der Waals surface area contributed by atoms with Gasteiger partial charge in [-0.25, -0.2) is 0 Å². The van der Waals surface area contributed by atoms with E-state index in [1.165, 1.54) is 12.8 Å². The molecule has 2 rings (SSSR count). The molecule has 0 spiro atoms. The zero-order valence-corrected chi connectivity index (χ0v) is 12.0. The molecule has 6 heteroatoms. The van der Waals surface area contributed by atoms with Crippen molar-refractivity contribution in [2.75, 3.05) is 25.4 Å². The Morgan fingerprint density at radius 2 is 2.32 bits per heavy atom. The van der Waals surface area contributed by atoms with Gasteiger partial charge in [-0.2, -0.15) is 5.10 Å². The van der Waals surface area contributed by atoms with Crippen LogP contribution in [0.15, 0.2) is 18.5 Å². The van der Waals surface area contributed by atoms with Crippen LogP contribution in [0.4, 0.5) is 0 Å². The van der Waals surface area contributed by atoms with Gasteiger partial charge in [0.2, 0.25) is 5.91 Å². The number of carbonyl (C=O) groups is 1. The molecule has 1 aliphatic heterocycles. The Morgan fingerprint density at radius 3 is 3.05 bits per heavy atom.